The third kappa shape index (κ3) is 3.56. The van der Waals surface area contributed by atoms with Crippen molar-refractivity contribution in [1.82, 2.24) is 0 Å². The van der Waals surface area contributed by atoms with Gasteiger partial charge >= 0.3 is 0 Å². The first kappa shape index (κ1) is 15.4. The predicted octanol–water partition coefficient (Wildman–Crippen LogP) is 4.80. The van der Waals surface area contributed by atoms with Gasteiger partial charge in [-0.25, -0.2) is 0 Å². The highest BCUT2D eigenvalue weighted by atomic mass is 35.5. The average Bonchev–Trinajstić information content (AvgIpc) is 2.40. The Morgan fingerprint density at radius 2 is 1.76 bits per heavy atom. The molecule has 0 aliphatic carbocycles. The molecule has 3 nitrogen and oxygen atoms in total. The van der Waals surface area contributed by atoms with Crippen molar-refractivity contribution in [3.05, 3.63) is 52.5 Å². The largest absolute Gasteiger partial charge is 0.507 e. The summed E-state index contributed by atoms with van der Waals surface area (Å²) in [7, 11) is 0. The Bertz CT molecular complexity index is 688. The van der Waals surface area contributed by atoms with Gasteiger partial charge in [-0.05, 0) is 35.2 Å². The molecular weight excluding hydrogens is 286 g/mol. The van der Waals surface area contributed by atoms with E-state index in [1.54, 1.807) is 36.4 Å². The number of rotatable bonds is 2. The summed E-state index contributed by atoms with van der Waals surface area (Å²) in [6.45, 7) is 6.19. The second kappa shape index (κ2) is 5.78. The number of phenols is 2. The molecule has 0 saturated carbocycles. The van der Waals surface area contributed by atoms with E-state index in [4.69, 9.17) is 11.6 Å². The number of phenolic OH excluding ortho intramolecular Hbond substituents is 2. The van der Waals surface area contributed by atoms with E-state index in [2.05, 4.69) is 25.8 Å². The molecule has 0 bridgehead atoms. The highest BCUT2D eigenvalue weighted by Gasteiger charge is 2.17. The Balaban J connectivity index is 2.45. The molecule has 0 heterocycles. The first-order chi connectivity index (χ1) is 9.79. The van der Waals surface area contributed by atoms with Crippen molar-refractivity contribution in [2.45, 2.75) is 26.2 Å². The van der Waals surface area contributed by atoms with Crippen LogP contribution < -0.4 is 0 Å². The first-order valence-electron chi connectivity index (χ1n) is 6.64. The minimum Gasteiger partial charge on any atom is -0.507 e. The maximum atomic E-state index is 10.0. The minimum atomic E-state index is -0.101. The molecule has 2 aromatic carbocycles. The van der Waals surface area contributed by atoms with Crippen LogP contribution in [0.1, 0.15) is 31.9 Å². The molecule has 2 rings (SSSR count). The van der Waals surface area contributed by atoms with Crippen molar-refractivity contribution in [2.75, 3.05) is 0 Å². The van der Waals surface area contributed by atoms with Crippen LogP contribution in [0.4, 0.5) is 5.69 Å². The number of benzene rings is 2. The van der Waals surface area contributed by atoms with Gasteiger partial charge in [-0.2, -0.15) is 0 Å². The highest BCUT2D eigenvalue weighted by molar-refractivity contribution is 6.32. The highest BCUT2D eigenvalue weighted by Crippen LogP contribution is 2.38. The van der Waals surface area contributed by atoms with Crippen molar-refractivity contribution < 1.29 is 10.2 Å². The van der Waals surface area contributed by atoms with Crippen LogP contribution in [0, 0.1) is 0 Å². The SMILES string of the molecule is CC(C)(C)c1cc(Cl)c(O)c(N=Cc2ccccc2O)c1. The van der Waals surface area contributed by atoms with Crippen LogP contribution in [0.25, 0.3) is 0 Å². The minimum absolute atomic E-state index is 0.0589. The molecule has 0 atom stereocenters. The molecule has 0 amide bonds. The quantitative estimate of drug-likeness (QED) is 0.783. The third-order valence-corrected chi connectivity index (χ3v) is 3.48. The lowest BCUT2D eigenvalue weighted by Gasteiger charge is -2.20. The van der Waals surface area contributed by atoms with Crippen LogP contribution in [0.5, 0.6) is 11.5 Å². The van der Waals surface area contributed by atoms with E-state index in [1.165, 1.54) is 6.21 Å². The molecule has 0 spiro atoms. The van der Waals surface area contributed by atoms with Crippen molar-refractivity contribution in [1.29, 1.82) is 0 Å². The lowest BCUT2D eigenvalue weighted by Crippen LogP contribution is -2.10. The van der Waals surface area contributed by atoms with Gasteiger partial charge in [-0.15, -0.1) is 0 Å². The summed E-state index contributed by atoms with van der Waals surface area (Å²) in [5, 5.41) is 20.0. The maximum Gasteiger partial charge on any atom is 0.159 e. The summed E-state index contributed by atoms with van der Waals surface area (Å²) in [5.41, 5.74) is 1.84. The Labute approximate surface area is 129 Å². The molecule has 2 N–H and O–H groups in total. The molecule has 0 saturated heterocycles. The fourth-order valence-corrected chi connectivity index (χ4v) is 2.07. The monoisotopic (exact) mass is 303 g/mol. The lowest BCUT2D eigenvalue weighted by molar-refractivity contribution is 0.473. The Morgan fingerprint density at radius 1 is 1.10 bits per heavy atom. The van der Waals surface area contributed by atoms with E-state index < -0.39 is 0 Å². The number of halogens is 1. The van der Waals surface area contributed by atoms with Gasteiger partial charge in [0.2, 0.25) is 0 Å². The van der Waals surface area contributed by atoms with E-state index in [1.807, 2.05) is 0 Å². The van der Waals surface area contributed by atoms with Gasteiger partial charge in [-0.1, -0.05) is 44.5 Å². The summed E-state index contributed by atoms with van der Waals surface area (Å²) < 4.78 is 0. The van der Waals surface area contributed by atoms with Gasteiger partial charge < -0.3 is 10.2 Å². The lowest BCUT2D eigenvalue weighted by atomic mass is 9.87. The molecule has 0 aromatic heterocycles. The van der Waals surface area contributed by atoms with Gasteiger partial charge in [-0.3, -0.25) is 4.99 Å². The zero-order valence-electron chi connectivity index (χ0n) is 12.3. The number of hydrogen-bond acceptors (Lipinski definition) is 3. The van der Waals surface area contributed by atoms with Crippen LogP contribution in [0.2, 0.25) is 5.02 Å². The molecule has 0 aliphatic rings. The number of aromatic hydroxyl groups is 2. The molecule has 21 heavy (non-hydrogen) atoms. The number of para-hydroxylation sites is 1. The van der Waals surface area contributed by atoms with Crippen molar-refractivity contribution >= 4 is 23.5 Å². The van der Waals surface area contributed by atoms with Crippen LogP contribution in [-0.4, -0.2) is 16.4 Å². The molecule has 2 aromatic rings. The van der Waals surface area contributed by atoms with Crippen molar-refractivity contribution in [3.8, 4) is 11.5 Å². The summed E-state index contributed by atoms with van der Waals surface area (Å²) in [6, 6.07) is 10.4. The number of hydrogen-bond donors (Lipinski definition) is 2. The third-order valence-electron chi connectivity index (χ3n) is 3.19. The standard InChI is InChI=1S/C17H18ClNO2/c1-17(2,3)12-8-13(18)16(21)14(9-12)19-10-11-6-4-5-7-15(11)20/h4-10,20-21H,1-3H3. The van der Waals surface area contributed by atoms with Gasteiger partial charge in [0.05, 0.1) is 5.02 Å². The molecule has 0 fully saturated rings. The Hall–Kier alpha value is -2.00. The first-order valence-corrected chi connectivity index (χ1v) is 7.02. The van der Waals surface area contributed by atoms with E-state index in [0.717, 1.165) is 5.56 Å². The summed E-state index contributed by atoms with van der Waals surface area (Å²) in [4.78, 5) is 4.25. The van der Waals surface area contributed by atoms with Gasteiger partial charge in [0.15, 0.2) is 5.75 Å². The summed E-state index contributed by atoms with van der Waals surface area (Å²) in [5.74, 6) is 0.0788. The zero-order valence-corrected chi connectivity index (χ0v) is 13.0. The predicted molar refractivity (Wildman–Crippen MR) is 87.2 cm³/mol. The molecule has 0 unspecified atom stereocenters. The summed E-state index contributed by atoms with van der Waals surface area (Å²) >= 11 is 6.06. The average molecular weight is 304 g/mol. The van der Waals surface area contributed by atoms with E-state index >= 15 is 0 Å². The molecule has 4 heteroatoms. The normalized spacial score (nSPS) is 12.0. The number of aliphatic imine (C=N–C) groups is 1. The van der Waals surface area contributed by atoms with Crippen LogP contribution in [-0.2, 0) is 5.41 Å². The van der Waals surface area contributed by atoms with E-state index in [0.29, 0.717) is 11.3 Å². The van der Waals surface area contributed by atoms with Gasteiger partial charge in [0.1, 0.15) is 11.4 Å². The van der Waals surface area contributed by atoms with Crippen molar-refractivity contribution in [3.63, 3.8) is 0 Å². The zero-order chi connectivity index (χ0) is 15.6. The second-order valence-corrected chi connectivity index (χ2v) is 6.30. The van der Waals surface area contributed by atoms with Gasteiger partial charge in [0.25, 0.3) is 0 Å². The molecule has 0 aliphatic heterocycles. The van der Waals surface area contributed by atoms with Crippen molar-refractivity contribution in [2.24, 2.45) is 4.99 Å². The Morgan fingerprint density at radius 3 is 2.38 bits per heavy atom. The molecule has 0 radical (unpaired) electrons. The van der Waals surface area contributed by atoms with Crippen LogP contribution in [0.3, 0.4) is 0 Å². The molecular formula is C17H18ClNO2. The topological polar surface area (TPSA) is 52.8 Å². The Kier molecular flexibility index (Phi) is 4.24. The maximum absolute atomic E-state index is 10.0. The fourth-order valence-electron chi connectivity index (χ4n) is 1.85. The second-order valence-electron chi connectivity index (χ2n) is 5.89. The van der Waals surface area contributed by atoms with Crippen LogP contribution in [0.15, 0.2) is 41.4 Å². The molecule has 110 valence electrons. The van der Waals surface area contributed by atoms with Crippen LogP contribution >= 0.6 is 11.6 Å². The summed E-state index contributed by atoms with van der Waals surface area (Å²) in [6.07, 6.45) is 1.51. The fraction of sp³-hybridized carbons (Fsp3) is 0.235. The van der Waals surface area contributed by atoms with E-state index in [9.17, 15) is 10.2 Å². The smallest absolute Gasteiger partial charge is 0.159 e. The van der Waals surface area contributed by atoms with Gasteiger partial charge in [0, 0.05) is 11.8 Å². The van der Waals surface area contributed by atoms with E-state index in [-0.39, 0.29) is 21.9 Å². The number of nitrogens with zero attached hydrogens (tertiary/aromatic N) is 1.